The fourth-order valence-corrected chi connectivity index (χ4v) is 1.32. The standard InChI is InChI=1S/C12H20N2O/c1-4-9(2)11(15)8-13-12-7-5-6-10(3)14-12/h5-7,9,11,15H,4,8H2,1-3H3,(H,13,14)/t9-,11-/m1/s1. The van der Waals surface area contributed by atoms with Gasteiger partial charge in [-0.05, 0) is 25.0 Å². The summed E-state index contributed by atoms with van der Waals surface area (Å²) in [4.78, 5) is 4.31. The lowest BCUT2D eigenvalue weighted by Crippen LogP contribution is -2.26. The number of aromatic nitrogens is 1. The molecule has 0 aliphatic rings. The van der Waals surface area contributed by atoms with Gasteiger partial charge in [-0.25, -0.2) is 4.98 Å². The summed E-state index contributed by atoms with van der Waals surface area (Å²) < 4.78 is 0. The minimum absolute atomic E-state index is 0.308. The Bertz CT molecular complexity index is 301. The molecule has 1 aromatic rings. The van der Waals surface area contributed by atoms with Crippen LogP contribution in [0.4, 0.5) is 5.82 Å². The topological polar surface area (TPSA) is 45.1 Å². The second-order valence-electron chi connectivity index (χ2n) is 4.00. The number of pyridine rings is 1. The van der Waals surface area contributed by atoms with E-state index < -0.39 is 0 Å². The van der Waals surface area contributed by atoms with Crippen molar-refractivity contribution in [3.05, 3.63) is 23.9 Å². The zero-order valence-electron chi connectivity index (χ0n) is 9.70. The van der Waals surface area contributed by atoms with Crippen LogP contribution in [0.2, 0.25) is 0 Å². The molecule has 1 rings (SSSR count). The van der Waals surface area contributed by atoms with Gasteiger partial charge in [-0.1, -0.05) is 26.3 Å². The van der Waals surface area contributed by atoms with Crippen LogP contribution >= 0.6 is 0 Å². The molecule has 0 aliphatic heterocycles. The summed E-state index contributed by atoms with van der Waals surface area (Å²) in [5.74, 6) is 1.15. The Kier molecular flexibility index (Phi) is 4.56. The quantitative estimate of drug-likeness (QED) is 0.779. The molecule has 2 atom stereocenters. The molecule has 0 saturated heterocycles. The van der Waals surface area contributed by atoms with Crippen molar-refractivity contribution in [1.82, 2.24) is 4.98 Å². The molecule has 1 heterocycles. The highest BCUT2D eigenvalue weighted by molar-refractivity contribution is 5.35. The molecule has 0 radical (unpaired) electrons. The van der Waals surface area contributed by atoms with Crippen LogP contribution in [0, 0.1) is 12.8 Å². The van der Waals surface area contributed by atoms with Crippen molar-refractivity contribution in [2.75, 3.05) is 11.9 Å². The summed E-state index contributed by atoms with van der Waals surface area (Å²) in [5, 5.41) is 12.9. The van der Waals surface area contributed by atoms with Gasteiger partial charge in [-0.3, -0.25) is 0 Å². The highest BCUT2D eigenvalue weighted by atomic mass is 16.3. The molecule has 2 N–H and O–H groups in total. The number of rotatable bonds is 5. The van der Waals surface area contributed by atoms with E-state index in [9.17, 15) is 5.11 Å². The largest absolute Gasteiger partial charge is 0.391 e. The first-order valence-electron chi connectivity index (χ1n) is 5.49. The van der Waals surface area contributed by atoms with Crippen molar-refractivity contribution in [3.8, 4) is 0 Å². The molecular weight excluding hydrogens is 188 g/mol. The Morgan fingerprint density at radius 2 is 2.20 bits per heavy atom. The van der Waals surface area contributed by atoms with Gasteiger partial charge >= 0.3 is 0 Å². The van der Waals surface area contributed by atoms with Crippen LogP contribution in [-0.4, -0.2) is 22.7 Å². The minimum Gasteiger partial charge on any atom is -0.391 e. The molecule has 15 heavy (non-hydrogen) atoms. The summed E-state index contributed by atoms with van der Waals surface area (Å²) in [7, 11) is 0. The van der Waals surface area contributed by atoms with E-state index in [1.807, 2.05) is 25.1 Å². The van der Waals surface area contributed by atoms with Crippen molar-refractivity contribution >= 4 is 5.82 Å². The van der Waals surface area contributed by atoms with Crippen molar-refractivity contribution in [2.45, 2.75) is 33.3 Å². The Balaban J connectivity index is 2.43. The van der Waals surface area contributed by atoms with E-state index in [0.717, 1.165) is 17.9 Å². The van der Waals surface area contributed by atoms with Crippen molar-refractivity contribution in [2.24, 2.45) is 5.92 Å². The van der Waals surface area contributed by atoms with Gasteiger partial charge in [0.2, 0.25) is 0 Å². The SMILES string of the molecule is CC[C@@H](C)[C@H](O)CNc1cccc(C)n1. The van der Waals surface area contributed by atoms with Crippen LogP contribution in [0.15, 0.2) is 18.2 Å². The maximum absolute atomic E-state index is 9.76. The van der Waals surface area contributed by atoms with Gasteiger partial charge in [0.05, 0.1) is 6.10 Å². The second-order valence-corrected chi connectivity index (χ2v) is 4.00. The van der Waals surface area contributed by atoms with E-state index in [-0.39, 0.29) is 6.10 Å². The van der Waals surface area contributed by atoms with Crippen molar-refractivity contribution < 1.29 is 5.11 Å². The number of anilines is 1. The smallest absolute Gasteiger partial charge is 0.126 e. The van der Waals surface area contributed by atoms with Gasteiger partial charge in [0.25, 0.3) is 0 Å². The average Bonchev–Trinajstić information content (AvgIpc) is 2.25. The van der Waals surface area contributed by atoms with Crippen molar-refractivity contribution in [1.29, 1.82) is 0 Å². The molecular formula is C12H20N2O. The third-order valence-corrected chi connectivity index (χ3v) is 2.68. The Hall–Kier alpha value is -1.09. The van der Waals surface area contributed by atoms with Gasteiger partial charge in [0.1, 0.15) is 5.82 Å². The first-order valence-corrected chi connectivity index (χ1v) is 5.49. The van der Waals surface area contributed by atoms with Crippen LogP contribution in [-0.2, 0) is 0 Å². The fourth-order valence-electron chi connectivity index (χ4n) is 1.32. The molecule has 3 nitrogen and oxygen atoms in total. The molecule has 0 unspecified atom stereocenters. The molecule has 0 aliphatic carbocycles. The molecule has 0 bridgehead atoms. The molecule has 0 fully saturated rings. The lowest BCUT2D eigenvalue weighted by molar-refractivity contribution is 0.126. The maximum Gasteiger partial charge on any atom is 0.126 e. The molecule has 3 heteroatoms. The van der Waals surface area contributed by atoms with Crippen LogP contribution in [0.25, 0.3) is 0 Å². The first-order chi connectivity index (χ1) is 7.13. The van der Waals surface area contributed by atoms with E-state index in [1.54, 1.807) is 0 Å². The zero-order valence-corrected chi connectivity index (χ0v) is 9.70. The number of aliphatic hydroxyl groups excluding tert-OH is 1. The van der Waals surface area contributed by atoms with Crippen LogP contribution in [0.5, 0.6) is 0 Å². The third-order valence-electron chi connectivity index (χ3n) is 2.68. The summed E-state index contributed by atoms with van der Waals surface area (Å²) in [6, 6.07) is 5.83. The first kappa shape index (κ1) is 12.0. The predicted molar refractivity (Wildman–Crippen MR) is 62.9 cm³/mol. The van der Waals surface area contributed by atoms with E-state index in [0.29, 0.717) is 12.5 Å². The Morgan fingerprint density at radius 3 is 2.80 bits per heavy atom. The van der Waals surface area contributed by atoms with E-state index in [4.69, 9.17) is 0 Å². The Labute approximate surface area is 91.5 Å². The monoisotopic (exact) mass is 208 g/mol. The number of aliphatic hydroxyl groups is 1. The number of hydrogen-bond acceptors (Lipinski definition) is 3. The van der Waals surface area contributed by atoms with Gasteiger partial charge in [0, 0.05) is 12.2 Å². The Morgan fingerprint density at radius 1 is 1.47 bits per heavy atom. The normalized spacial score (nSPS) is 14.7. The number of nitrogens with zero attached hydrogens (tertiary/aromatic N) is 1. The lowest BCUT2D eigenvalue weighted by Gasteiger charge is -2.17. The third kappa shape index (κ3) is 3.88. The fraction of sp³-hybridized carbons (Fsp3) is 0.583. The van der Waals surface area contributed by atoms with E-state index >= 15 is 0 Å². The van der Waals surface area contributed by atoms with E-state index in [1.165, 1.54) is 0 Å². The average molecular weight is 208 g/mol. The summed E-state index contributed by atoms with van der Waals surface area (Å²) in [5.41, 5.74) is 0.984. The summed E-state index contributed by atoms with van der Waals surface area (Å²) in [6.45, 7) is 6.65. The number of hydrogen-bond donors (Lipinski definition) is 2. The maximum atomic E-state index is 9.76. The number of aryl methyl sites for hydroxylation is 1. The van der Waals surface area contributed by atoms with Gasteiger partial charge < -0.3 is 10.4 Å². The van der Waals surface area contributed by atoms with Crippen molar-refractivity contribution in [3.63, 3.8) is 0 Å². The highest BCUT2D eigenvalue weighted by Crippen LogP contribution is 2.09. The molecule has 0 saturated carbocycles. The van der Waals surface area contributed by atoms with Gasteiger partial charge in [0.15, 0.2) is 0 Å². The minimum atomic E-state index is -0.308. The lowest BCUT2D eigenvalue weighted by atomic mass is 10.0. The van der Waals surface area contributed by atoms with Crippen LogP contribution in [0.3, 0.4) is 0 Å². The zero-order chi connectivity index (χ0) is 11.3. The second kappa shape index (κ2) is 5.71. The molecule has 0 spiro atoms. The highest BCUT2D eigenvalue weighted by Gasteiger charge is 2.11. The number of nitrogens with one attached hydrogen (secondary N) is 1. The predicted octanol–water partition coefficient (Wildman–Crippen LogP) is 2.21. The van der Waals surface area contributed by atoms with Gasteiger partial charge in [-0.15, -0.1) is 0 Å². The molecule has 84 valence electrons. The van der Waals surface area contributed by atoms with Crippen LogP contribution in [0.1, 0.15) is 26.0 Å². The molecule has 0 amide bonds. The van der Waals surface area contributed by atoms with E-state index in [2.05, 4.69) is 24.1 Å². The summed E-state index contributed by atoms with van der Waals surface area (Å²) >= 11 is 0. The van der Waals surface area contributed by atoms with Gasteiger partial charge in [-0.2, -0.15) is 0 Å². The molecule has 0 aromatic carbocycles. The van der Waals surface area contributed by atoms with Crippen LogP contribution < -0.4 is 5.32 Å². The molecule has 1 aromatic heterocycles. The summed E-state index contributed by atoms with van der Waals surface area (Å²) in [6.07, 6.45) is 0.682.